The van der Waals surface area contributed by atoms with Crippen molar-refractivity contribution in [1.82, 2.24) is 9.55 Å². The van der Waals surface area contributed by atoms with Gasteiger partial charge >= 0.3 is 0 Å². The molecule has 0 spiro atoms. The lowest BCUT2D eigenvalue weighted by Gasteiger charge is -2.61. The summed E-state index contributed by atoms with van der Waals surface area (Å²) in [6.07, 6.45) is 22.4. The number of nitrogens with zero attached hydrogens (tertiary/aromatic N) is 2. The average Bonchev–Trinajstić information content (AvgIpc) is 3.47. The van der Waals surface area contributed by atoms with E-state index in [9.17, 15) is 0 Å². The highest BCUT2D eigenvalue weighted by Crippen LogP contribution is 2.68. The first-order valence-electron chi connectivity index (χ1n) is 14.9. The molecule has 4 heteroatoms. The molecule has 196 valence electrons. The van der Waals surface area contributed by atoms with Gasteiger partial charge in [-0.05, 0) is 122 Å². The SMILES string of the molecule is CC(C)CCC[C@@H](C)[C@H]1CCC2C3CCC4C[C@@H](OC(=S)n5ccnc5)CC[C@]4(C)C3CC[C@@]21C. The molecule has 0 radical (unpaired) electrons. The molecule has 4 aliphatic rings. The van der Waals surface area contributed by atoms with Gasteiger partial charge in [0.25, 0.3) is 5.17 Å². The minimum atomic E-state index is 0.274. The molecule has 0 aliphatic heterocycles. The van der Waals surface area contributed by atoms with Gasteiger partial charge in [-0.3, -0.25) is 4.57 Å². The molecule has 4 unspecified atom stereocenters. The summed E-state index contributed by atoms with van der Waals surface area (Å²) in [5.41, 5.74) is 1.10. The van der Waals surface area contributed by atoms with Crippen LogP contribution in [0.2, 0.25) is 0 Å². The third-order valence-corrected chi connectivity index (χ3v) is 12.1. The maximum absolute atomic E-state index is 6.29. The van der Waals surface area contributed by atoms with E-state index in [4.69, 9.17) is 17.0 Å². The summed E-state index contributed by atoms with van der Waals surface area (Å²) < 4.78 is 8.13. The lowest BCUT2D eigenvalue weighted by atomic mass is 9.44. The number of aromatic nitrogens is 2. The highest BCUT2D eigenvalue weighted by atomic mass is 32.1. The van der Waals surface area contributed by atoms with Gasteiger partial charge in [0, 0.05) is 12.4 Å². The number of ether oxygens (including phenoxy) is 1. The Morgan fingerprint density at radius 3 is 2.51 bits per heavy atom. The Hall–Kier alpha value is -0.900. The average molecular weight is 499 g/mol. The van der Waals surface area contributed by atoms with Crippen LogP contribution in [0.25, 0.3) is 0 Å². The molecule has 1 aromatic rings. The van der Waals surface area contributed by atoms with Crippen LogP contribution in [-0.2, 0) is 4.74 Å². The van der Waals surface area contributed by atoms with Crippen LogP contribution in [0.5, 0.6) is 0 Å². The Balaban J connectivity index is 1.22. The van der Waals surface area contributed by atoms with Gasteiger partial charge in [-0.15, -0.1) is 0 Å². The zero-order chi connectivity index (χ0) is 24.8. The summed E-state index contributed by atoms with van der Waals surface area (Å²) >= 11 is 5.56. The van der Waals surface area contributed by atoms with Crippen molar-refractivity contribution in [3.05, 3.63) is 18.7 Å². The maximum atomic E-state index is 6.29. The molecule has 9 atom stereocenters. The topological polar surface area (TPSA) is 27.1 Å². The molecule has 4 fully saturated rings. The highest BCUT2D eigenvalue weighted by molar-refractivity contribution is 7.80. The summed E-state index contributed by atoms with van der Waals surface area (Å²) in [6, 6.07) is 0. The lowest BCUT2D eigenvalue weighted by Crippen LogP contribution is -2.54. The standard InChI is InChI=1S/C31H50N2OS/c1-21(2)7-6-8-22(3)26-11-12-27-25-10-9-23-19-24(34-29(35)33-18-17-32-20-33)13-15-30(23,4)28(25)14-16-31(26,27)5/h17-18,20-28H,6-16,19H2,1-5H3/t22-,23?,24+,25?,26-,27?,28?,30+,31-/m1/s1. The maximum Gasteiger partial charge on any atom is 0.269 e. The molecule has 0 saturated heterocycles. The largest absolute Gasteiger partial charge is 0.467 e. The predicted octanol–water partition coefficient (Wildman–Crippen LogP) is 8.52. The van der Waals surface area contributed by atoms with Gasteiger partial charge in [0.05, 0.1) is 0 Å². The van der Waals surface area contributed by atoms with E-state index >= 15 is 0 Å². The molecule has 1 aromatic heterocycles. The second kappa shape index (κ2) is 10.1. The first-order chi connectivity index (χ1) is 16.7. The normalized spacial score (nSPS) is 41.7. The van der Waals surface area contributed by atoms with E-state index < -0.39 is 0 Å². The van der Waals surface area contributed by atoms with E-state index in [1.165, 1.54) is 70.6 Å². The molecule has 35 heavy (non-hydrogen) atoms. The van der Waals surface area contributed by atoms with Gasteiger partial charge in [-0.25, -0.2) is 4.98 Å². The van der Waals surface area contributed by atoms with Gasteiger partial charge in [-0.1, -0.05) is 53.9 Å². The molecule has 0 amide bonds. The van der Waals surface area contributed by atoms with Gasteiger partial charge < -0.3 is 4.74 Å². The molecule has 3 nitrogen and oxygen atoms in total. The van der Waals surface area contributed by atoms with Crippen LogP contribution in [0.4, 0.5) is 0 Å². The fourth-order valence-corrected chi connectivity index (χ4v) is 10.2. The van der Waals surface area contributed by atoms with Crippen LogP contribution < -0.4 is 0 Å². The van der Waals surface area contributed by atoms with Crippen LogP contribution >= 0.6 is 12.2 Å². The molecule has 0 N–H and O–H groups in total. The molecule has 4 aliphatic carbocycles. The van der Waals surface area contributed by atoms with E-state index in [-0.39, 0.29) is 6.10 Å². The Labute approximate surface area is 220 Å². The summed E-state index contributed by atoms with van der Waals surface area (Å²) in [6.45, 7) is 12.7. The third kappa shape index (κ3) is 4.75. The molecule has 5 rings (SSSR count). The van der Waals surface area contributed by atoms with Crippen molar-refractivity contribution in [2.24, 2.45) is 52.3 Å². The highest BCUT2D eigenvalue weighted by Gasteiger charge is 2.60. The van der Waals surface area contributed by atoms with Crippen LogP contribution in [-0.4, -0.2) is 20.8 Å². The van der Waals surface area contributed by atoms with Crippen LogP contribution in [0.15, 0.2) is 18.7 Å². The zero-order valence-corrected chi connectivity index (χ0v) is 23.9. The smallest absolute Gasteiger partial charge is 0.269 e. The number of hydrogen-bond acceptors (Lipinski definition) is 3. The van der Waals surface area contributed by atoms with E-state index in [0.717, 1.165) is 47.8 Å². The Morgan fingerprint density at radius 1 is 1.00 bits per heavy atom. The Kier molecular flexibility index (Phi) is 7.43. The molecule has 0 aromatic carbocycles. The fourth-order valence-electron chi connectivity index (χ4n) is 9.92. The van der Waals surface area contributed by atoms with E-state index in [2.05, 4.69) is 39.6 Å². The molecular formula is C31H50N2OS. The summed E-state index contributed by atoms with van der Waals surface area (Å²) in [5, 5.41) is 0.567. The van der Waals surface area contributed by atoms with Crippen molar-refractivity contribution >= 4 is 17.4 Å². The summed E-state index contributed by atoms with van der Waals surface area (Å²) in [5.74, 6) is 6.37. The van der Waals surface area contributed by atoms with Crippen molar-refractivity contribution in [2.75, 3.05) is 0 Å². The fraction of sp³-hybridized carbons (Fsp3) is 0.871. The van der Waals surface area contributed by atoms with Crippen LogP contribution in [0.1, 0.15) is 112 Å². The second-order valence-corrected chi connectivity index (χ2v) is 14.3. The number of fused-ring (bicyclic) bond motifs is 5. The molecular weight excluding hydrogens is 448 g/mol. The van der Waals surface area contributed by atoms with E-state index in [0.29, 0.717) is 16.0 Å². The van der Waals surface area contributed by atoms with Crippen molar-refractivity contribution in [3.8, 4) is 0 Å². The minimum absolute atomic E-state index is 0.274. The van der Waals surface area contributed by atoms with E-state index in [1.807, 2.05) is 10.8 Å². The van der Waals surface area contributed by atoms with Gasteiger partial charge in [0.2, 0.25) is 0 Å². The first kappa shape index (κ1) is 25.7. The van der Waals surface area contributed by atoms with Gasteiger partial charge in [0.1, 0.15) is 12.4 Å². The number of imidazole rings is 1. The summed E-state index contributed by atoms with van der Waals surface area (Å²) in [7, 11) is 0. The Bertz CT molecular complexity index is 867. The van der Waals surface area contributed by atoms with Crippen molar-refractivity contribution in [3.63, 3.8) is 0 Å². The minimum Gasteiger partial charge on any atom is -0.467 e. The first-order valence-corrected chi connectivity index (χ1v) is 15.3. The molecule has 1 heterocycles. The number of rotatable bonds is 6. The monoisotopic (exact) mass is 498 g/mol. The molecule has 0 bridgehead atoms. The third-order valence-electron chi connectivity index (χ3n) is 11.8. The zero-order valence-electron chi connectivity index (χ0n) is 23.0. The Morgan fingerprint density at radius 2 is 1.77 bits per heavy atom. The van der Waals surface area contributed by atoms with Gasteiger partial charge in [-0.2, -0.15) is 0 Å². The number of hydrogen-bond donors (Lipinski definition) is 0. The van der Waals surface area contributed by atoms with Crippen molar-refractivity contribution in [2.45, 2.75) is 118 Å². The summed E-state index contributed by atoms with van der Waals surface area (Å²) in [4.78, 5) is 4.12. The quantitative estimate of drug-likeness (QED) is 0.368. The molecule has 4 saturated carbocycles. The lowest BCUT2D eigenvalue weighted by molar-refractivity contribution is -0.127. The van der Waals surface area contributed by atoms with Crippen molar-refractivity contribution < 1.29 is 4.74 Å². The van der Waals surface area contributed by atoms with Crippen LogP contribution in [0.3, 0.4) is 0 Å². The second-order valence-electron chi connectivity index (χ2n) is 13.9. The van der Waals surface area contributed by atoms with Gasteiger partial charge in [0.15, 0.2) is 0 Å². The van der Waals surface area contributed by atoms with E-state index in [1.54, 1.807) is 12.5 Å². The van der Waals surface area contributed by atoms with Crippen molar-refractivity contribution in [1.29, 1.82) is 0 Å². The van der Waals surface area contributed by atoms with Crippen LogP contribution in [0, 0.1) is 52.3 Å². The predicted molar refractivity (Wildman–Crippen MR) is 148 cm³/mol. The number of thiocarbonyl (C=S) groups is 1.